The third kappa shape index (κ3) is 13.8. The molecule has 1 atom stereocenters. The van der Waals surface area contributed by atoms with Gasteiger partial charge < -0.3 is 0 Å². The van der Waals surface area contributed by atoms with Gasteiger partial charge in [-0.2, -0.15) is 0 Å². The van der Waals surface area contributed by atoms with Crippen LogP contribution in [0.15, 0.2) is 175 Å². The second kappa shape index (κ2) is 26.9. The molecule has 0 bridgehead atoms. The number of allylic oxidation sites excluding steroid dienone is 4. The van der Waals surface area contributed by atoms with E-state index in [0.29, 0.717) is 0 Å². The van der Waals surface area contributed by atoms with E-state index in [4.69, 9.17) is 0 Å². The van der Waals surface area contributed by atoms with E-state index in [0.717, 1.165) is 37.3 Å². The van der Waals surface area contributed by atoms with Crippen LogP contribution in [0, 0.1) is 41.5 Å². The molecule has 0 N–H and O–H groups in total. The van der Waals surface area contributed by atoms with Gasteiger partial charge in [0, 0.05) is 0 Å². The summed E-state index contributed by atoms with van der Waals surface area (Å²) in [5.74, 6) is -0.0836. The van der Waals surface area contributed by atoms with E-state index in [-0.39, 0.29) is 34.3 Å². The zero-order valence-electron chi connectivity index (χ0n) is 61.2. The molecule has 94 heavy (non-hydrogen) atoms. The summed E-state index contributed by atoms with van der Waals surface area (Å²) < 4.78 is 0. The predicted molar refractivity (Wildman–Crippen MR) is 415 cm³/mol. The topological polar surface area (TPSA) is 13.0 Å². The molecule has 8 aromatic rings. The molecule has 0 spiro atoms. The van der Waals surface area contributed by atoms with E-state index in [1.165, 1.54) is 173 Å². The summed E-state index contributed by atoms with van der Waals surface area (Å²) in [6.07, 6.45) is 14.4. The fourth-order valence-corrected chi connectivity index (χ4v) is 15.6. The fraction of sp³-hybridized carbons (Fsp3) is 0.398. The van der Waals surface area contributed by atoms with Gasteiger partial charge in [0.25, 0.3) is 0 Å². The Labute approximate surface area is 569 Å². The van der Waals surface area contributed by atoms with Crippen LogP contribution in [0.4, 0.5) is 45.5 Å². The average Bonchev–Trinajstić information content (AvgIpc) is 0.715. The zero-order valence-corrected chi connectivity index (χ0v) is 61.2. The third-order valence-corrected chi connectivity index (χ3v) is 20.6. The molecule has 4 nitrogen and oxygen atoms in total. The first-order valence-electron chi connectivity index (χ1n) is 35.7. The number of hydrogen-bond donors (Lipinski definition) is 0. The van der Waals surface area contributed by atoms with Gasteiger partial charge in [0.1, 0.15) is 0 Å². The second-order valence-corrected chi connectivity index (χ2v) is 32.2. The average molecular weight is 1240 g/mol. The molecule has 0 saturated heterocycles. The van der Waals surface area contributed by atoms with Crippen molar-refractivity contribution in [3.05, 3.63) is 236 Å². The number of fused-ring (bicyclic) bond motifs is 4. The van der Waals surface area contributed by atoms with E-state index < -0.39 is 0 Å². The Morgan fingerprint density at radius 3 is 1.23 bits per heavy atom. The van der Waals surface area contributed by atoms with Crippen LogP contribution >= 0.6 is 0 Å². The number of hydrogen-bond acceptors (Lipinski definition) is 4. The Bertz CT molecular complexity index is 3990. The monoisotopic (exact) mass is 1240 g/mol. The van der Waals surface area contributed by atoms with Gasteiger partial charge in [-0.15, -0.1) is 0 Å². The van der Waals surface area contributed by atoms with Gasteiger partial charge in [0.05, 0.1) is 0 Å². The number of aryl methyl sites for hydroxylation is 6. The SMILES string of the molecule is CCCCCCN1C2=CC=C(N(c3ccc(C(C)(C)C)cc3)c3ccc(C(C)(C)C)cc3)C(c3c(C)cc(C)cc3C)C2=Bc2cc3c(cc21)B(c1c(C)cc(C)cc1C)c1cc(N(c2ccc(C(C)(C)C)cc2)c2ccc(C(C)(C)C)cc2)ccc1N3CCCCCC. The van der Waals surface area contributed by atoms with Crippen molar-refractivity contribution in [3.8, 4) is 0 Å². The van der Waals surface area contributed by atoms with E-state index in [9.17, 15) is 0 Å². The Morgan fingerprint density at radius 1 is 0.394 bits per heavy atom. The van der Waals surface area contributed by atoms with Crippen molar-refractivity contribution >= 4 is 86.4 Å². The number of unbranched alkanes of at least 4 members (excludes halogenated alkanes) is 6. The molecule has 1 unspecified atom stereocenters. The summed E-state index contributed by atoms with van der Waals surface area (Å²) in [5, 5.41) is 0. The number of benzene rings is 8. The molecular formula is C88H108B2N4. The van der Waals surface area contributed by atoms with Crippen molar-refractivity contribution < 1.29 is 0 Å². The quantitative estimate of drug-likeness (QED) is 0.0627. The molecule has 0 radical (unpaired) electrons. The Hall–Kier alpha value is -7.56. The van der Waals surface area contributed by atoms with Gasteiger partial charge >= 0.3 is 509 Å². The van der Waals surface area contributed by atoms with Crippen LogP contribution in [0.1, 0.15) is 215 Å². The van der Waals surface area contributed by atoms with Crippen LogP contribution < -0.4 is 41.5 Å². The number of rotatable bonds is 18. The second-order valence-electron chi connectivity index (χ2n) is 32.2. The van der Waals surface area contributed by atoms with Gasteiger partial charge in [0.2, 0.25) is 0 Å². The van der Waals surface area contributed by atoms with Crippen molar-refractivity contribution in [2.45, 2.75) is 217 Å². The normalized spacial score (nSPS) is 14.7. The summed E-state index contributed by atoms with van der Waals surface area (Å²) in [6, 6.07) is 60.2. The molecule has 0 saturated carbocycles. The van der Waals surface area contributed by atoms with Crippen molar-refractivity contribution in [2.75, 3.05) is 32.7 Å². The van der Waals surface area contributed by atoms with Gasteiger partial charge in [-0.3, -0.25) is 0 Å². The third-order valence-electron chi connectivity index (χ3n) is 20.6. The molecule has 8 aromatic carbocycles. The van der Waals surface area contributed by atoms with Gasteiger partial charge in [0.15, 0.2) is 0 Å². The predicted octanol–water partition coefficient (Wildman–Crippen LogP) is 21.1. The number of nitrogens with zero attached hydrogens (tertiary/aromatic N) is 4. The molecule has 2 aliphatic heterocycles. The van der Waals surface area contributed by atoms with Gasteiger partial charge in [-0.25, -0.2) is 0 Å². The molecule has 0 fully saturated rings. The minimum atomic E-state index is -0.0836. The van der Waals surface area contributed by atoms with Crippen LogP contribution in [0.25, 0.3) is 0 Å². The maximum atomic E-state index is 2.77. The van der Waals surface area contributed by atoms with E-state index in [1.54, 1.807) is 0 Å². The molecule has 1 aliphatic carbocycles. The van der Waals surface area contributed by atoms with Crippen LogP contribution in [0.3, 0.4) is 0 Å². The summed E-state index contributed by atoms with van der Waals surface area (Å²) in [6.45, 7) is 50.9. The fourth-order valence-electron chi connectivity index (χ4n) is 15.6. The van der Waals surface area contributed by atoms with Crippen molar-refractivity contribution in [2.24, 2.45) is 0 Å². The standard InChI is InChI=1S/C88H108B2N4/c1-21-23-25-27-49-91-76-46-45-72(93(68-37-29-64(30-38-68)85(9,10)11)69-39-31-65(32-40-69)86(12,13)14)55-74(76)90(84-62(7)53-59(4)54-63(84)8)75-57-79-73(56-80(75)91)89-83-78(92(79)50-28-26-24-22-2)48-47-77(82(83)81-60(5)51-58(3)52-61(81)6)94(70-41-33-66(34-42-70)87(15,16)17)71-43-35-67(36-44-71)88(18,19)20/h29-48,51-57,82H,21-28,49-50H2,1-20H3. The molecule has 486 valence electrons. The molecule has 6 heteroatoms. The van der Waals surface area contributed by atoms with Crippen LogP contribution in [-0.2, 0) is 21.7 Å². The van der Waals surface area contributed by atoms with E-state index >= 15 is 0 Å². The first kappa shape index (κ1) is 67.8. The summed E-state index contributed by atoms with van der Waals surface area (Å²) in [4.78, 5) is 10.6. The number of anilines is 8. The molecule has 2 heterocycles. The minimum absolute atomic E-state index is 0.0199. The molecule has 0 amide bonds. The maximum absolute atomic E-state index is 2.77. The van der Waals surface area contributed by atoms with Crippen molar-refractivity contribution in [3.63, 3.8) is 0 Å². The van der Waals surface area contributed by atoms with Crippen LogP contribution in [0.5, 0.6) is 0 Å². The summed E-state index contributed by atoms with van der Waals surface area (Å²) >= 11 is 0. The summed E-state index contributed by atoms with van der Waals surface area (Å²) in [5.41, 5.74) is 33.9. The Balaban J connectivity index is 1.18. The van der Waals surface area contributed by atoms with E-state index in [1.807, 2.05) is 0 Å². The molecule has 11 rings (SSSR count). The van der Waals surface area contributed by atoms with Gasteiger partial charge in [-0.05, 0) is 22.0 Å². The van der Waals surface area contributed by atoms with Crippen LogP contribution in [-0.4, -0.2) is 32.2 Å². The zero-order chi connectivity index (χ0) is 67.3. The van der Waals surface area contributed by atoms with Crippen molar-refractivity contribution in [1.82, 2.24) is 0 Å². The van der Waals surface area contributed by atoms with E-state index in [2.05, 4.69) is 329 Å². The van der Waals surface area contributed by atoms with Gasteiger partial charge in [-0.1, -0.05) is 41.5 Å². The first-order chi connectivity index (χ1) is 44.5. The molecule has 0 aromatic heterocycles. The Morgan fingerprint density at radius 2 is 0.798 bits per heavy atom. The first-order valence-corrected chi connectivity index (χ1v) is 35.7. The van der Waals surface area contributed by atoms with Crippen molar-refractivity contribution in [1.29, 1.82) is 0 Å². The van der Waals surface area contributed by atoms with Crippen LogP contribution in [0.2, 0.25) is 0 Å². The molecular weight excluding hydrogens is 1130 g/mol. The Kier molecular flexibility index (Phi) is 19.4. The molecule has 3 aliphatic rings. The summed E-state index contributed by atoms with van der Waals surface area (Å²) in [7, 11) is 0.